The number of halogens is 1. The highest BCUT2D eigenvalue weighted by molar-refractivity contribution is 5.96. The lowest BCUT2D eigenvalue weighted by molar-refractivity contribution is -0.123. The summed E-state index contributed by atoms with van der Waals surface area (Å²) in [6, 6.07) is 20.5. The molecule has 0 radical (unpaired) electrons. The van der Waals surface area contributed by atoms with E-state index in [4.69, 9.17) is 4.74 Å². The third-order valence-electron chi connectivity index (χ3n) is 4.79. The molecule has 0 aromatic heterocycles. The van der Waals surface area contributed by atoms with Crippen LogP contribution in [-0.4, -0.2) is 12.5 Å². The zero-order valence-electron chi connectivity index (χ0n) is 15.1. The van der Waals surface area contributed by atoms with Crippen LogP contribution in [0.1, 0.15) is 16.7 Å². The second kappa shape index (κ2) is 7.33. The molecular formula is C23H20FNO2. The number of aryl methyl sites for hydroxylation is 1. The molecule has 0 N–H and O–H groups in total. The summed E-state index contributed by atoms with van der Waals surface area (Å²) >= 11 is 0. The fourth-order valence-electron chi connectivity index (χ4n) is 3.30. The Labute approximate surface area is 158 Å². The van der Waals surface area contributed by atoms with Crippen LogP contribution in [-0.2, 0) is 22.7 Å². The highest BCUT2D eigenvalue weighted by Crippen LogP contribution is 2.31. The zero-order valence-corrected chi connectivity index (χ0v) is 15.1. The number of fused-ring (bicyclic) bond motifs is 1. The lowest BCUT2D eigenvalue weighted by atomic mass is 10.0. The first-order valence-electron chi connectivity index (χ1n) is 8.93. The predicted molar refractivity (Wildman–Crippen MR) is 104 cm³/mol. The Morgan fingerprint density at radius 1 is 0.926 bits per heavy atom. The summed E-state index contributed by atoms with van der Waals surface area (Å²) in [5, 5.41) is 0. The molecule has 0 saturated carbocycles. The summed E-state index contributed by atoms with van der Waals surface area (Å²) in [6.45, 7) is 2.99. The van der Waals surface area contributed by atoms with Crippen LogP contribution in [0.2, 0.25) is 0 Å². The standard InChI is InChI=1S/C23H20FNO2/c1-16-2-4-17(5-3-16)13-25-22-11-8-19(18-6-9-21(24)10-7-18)12-20(22)14-27-15-23(25)26/h2-12H,13-15H2,1H3. The van der Waals surface area contributed by atoms with E-state index in [-0.39, 0.29) is 18.3 Å². The van der Waals surface area contributed by atoms with Gasteiger partial charge in [-0.2, -0.15) is 0 Å². The quantitative estimate of drug-likeness (QED) is 0.666. The SMILES string of the molecule is Cc1ccc(CN2C(=O)COCc3cc(-c4ccc(F)cc4)ccc32)cc1. The number of anilines is 1. The summed E-state index contributed by atoms with van der Waals surface area (Å²) in [6.07, 6.45) is 0. The Morgan fingerprint density at radius 2 is 1.63 bits per heavy atom. The van der Waals surface area contributed by atoms with Gasteiger partial charge in [-0.3, -0.25) is 4.79 Å². The van der Waals surface area contributed by atoms with Gasteiger partial charge in [-0.25, -0.2) is 4.39 Å². The molecule has 0 spiro atoms. The third-order valence-corrected chi connectivity index (χ3v) is 4.79. The van der Waals surface area contributed by atoms with Gasteiger partial charge >= 0.3 is 0 Å². The molecule has 0 saturated heterocycles. The summed E-state index contributed by atoms with van der Waals surface area (Å²) in [4.78, 5) is 14.4. The number of amides is 1. The second-order valence-corrected chi connectivity index (χ2v) is 6.81. The fraction of sp³-hybridized carbons (Fsp3) is 0.174. The molecule has 0 aliphatic carbocycles. The van der Waals surface area contributed by atoms with Crippen molar-refractivity contribution in [1.82, 2.24) is 0 Å². The van der Waals surface area contributed by atoms with Gasteiger partial charge in [0, 0.05) is 11.3 Å². The zero-order chi connectivity index (χ0) is 18.8. The van der Waals surface area contributed by atoms with Crippen LogP contribution in [0.5, 0.6) is 0 Å². The molecule has 0 unspecified atom stereocenters. The number of hydrogen-bond acceptors (Lipinski definition) is 2. The van der Waals surface area contributed by atoms with Crippen LogP contribution in [0.4, 0.5) is 10.1 Å². The Bertz CT molecular complexity index is 965. The third kappa shape index (κ3) is 3.76. The van der Waals surface area contributed by atoms with Crippen molar-refractivity contribution in [3.63, 3.8) is 0 Å². The molecule has 136 valence electrons. The summed E-state index contributed by atoms with van der Waals surface area (Å²) in [5.41, 5.74) is 5.98. The second-order valence-electron chi connectivity index (χ2n) is 6.81. The maximum absolute atomic E-state index is 13.2. The monoisotopic (exact) mass is 361 g/mol. The first-order valence-corrected chi connectivity index (χ1v) is 8.93. The van der Waals surface area contributed by atoms with Gasteiger partial charge in [0.2, 0.25) is 0 Å². The molecule has 4 rings (SSSR count). The number of nitrogens with zero attached hydrogens (tertiary/aromatic N) is 1. The van der Waals surface area contributed by atoms with Gasteiger partial charge in [0.05, 0.1) is 13.2 Å². The van der Waals surface area contributed by atoms with E-state index in [0.29, 0.717) is 13.2 Å². The maximum atomic E-state index is 13.2. The molecule has 0 atom stereocenters. The highest BCUT2D eigenvalue weighted by Gasteiger charge is 2.23. The van der Waals surface area contributed by atoms with Gasteiger partial charge in [0.1, 0.15) is 12.4 Å². The number of ether oxygens (including phenoxy) is 1. The Kier molecular flexibility index (Phi) is 4.73. The Balaban J connectivity index is 1.69. The van der Waals surface area contributed by atoms with E-state index in [1.165, 1.54) is 17.7 Å². The number of hydrogen-bond donors (Lipinski definition) is 0. The average Bonchev–Trinajstić information content (AvgIpc) is 2.83. The van der Waals surface area contributed by atoms with Crippen LogP contribution in [0.15, 0.2) is 66.7 Å². The fourth-order valence-corrected chi connectivity index (χ4v) is 3.30. The minimum atomic E-state index is -0.258. The highest BCUT2D eigenvalue weighted by atomic mass is 19.1. The van der Waals surface area contributed by atoms with Crippen LogP contribution in [0.3, 0.4) is 0 Å². The summed E-state index contributed by atoms with van der Waals surface area (Å²) < 4.78 is 18.8. The molecule has 4 heteroatoms. The minimum Gasteiger partial charge on any atom is -0.367 e. The molecule has 1 amide bonds. The van der Waals surface area contributed by atoms with E-state index in [2.05, 4.69) is 0 Å². The molecule has 0 bridgehead atoms. The van der Waals surface area contributed by atoms with Crippen molar-refractivity contribution in [2.45, 2.75) is 20.1 Å². The van der Waals surface area contributed by atoms with Gasteiger partial charge in [-0.1, -0.05) is 48.0 Å². The largest absolute Gasteiger partial charge is 0.367 e. The molecule has 1 heterocycles. The Morgan fingerprint density at radius 3 is 2.37 bits per heavy atom. The molecule has 0 fully saturated rings. The van der Waals surface area contributed by atoms with E-state index in [1.807, 2.05) is 49.4 Å². The lowest BCUT2D eigenvalue weighted by Crippen LogP contribution is -2.32. The smallest absolute Gasteiger partial charge is 0.253 e. The van der Waals surface area contributed by atoms with E-state index in [0.717, 1.165) is 27.9 Å². The van der Waals surface area contributed by atoms with E-state index in [1.54, 1.807) is 17.0 Å². The predicted octanol–water partition coefficient (Wildman–Crippen LogP) is 4.86. The van der Waals surface area contributed by atoms with Gasteiger partial charge in [-0.15, -0.1) is 0 Å². The van der Waals surface area contributed by atoms with Crippen LogP contribution in [0.25, 0.3) is 11.1 Å². The molecule has 3 aromatic rings. The van der Waals surface area contributed by atoms with Crippen molar-refractivity contribution in [3.8, 4) is 11.1 Å². The number of carbonyl (C=O) groups excluding carboxylic acids is 1. The van der Waals surface area contributed by atoms with Gasteiger partial charge in [-0.05, 0) is 47.9 Å². The van der Waals surface area contributed by atoms with E-state index in [9.17, 15) is 9.18 Å². The maximum Gasteiger partial charge on any atom is 0.253 e. The minimum absolute atomic E-state index is 0.0520. The van der Waals surface area contributed by atoms with Gasteiger partial charge in [0.15, 0.2) is 0 Å². The number of carbonyl (C=O) groups is 1. The normalized spacial score (nSPS) is 14.0. The molecule has 3 aromatic carbocycles. The van der Waals surface area contributed by atoms with E-state index < -0.39 is 0 Å². The van der Waals surface area contributed by atoms with Crippen molar-refractivity contribution >= 4 is 11.6 Å². The summed E-state index contributed by atoms with van der Waals surface area (Å²) in [7, 11) is 0. The summed E-state index contributed by atoms with van der Waals surface area (Å²) in [5.74, 6) is -0.310. The van der Waals surface area contributed by atoms with Gasteiger partial charge < -0.3 is 9.64 Å². The van der Waals surface area contributed by atoms with Crippen molar-refractivity contribution in [2.75, 3.05) is 11.5 Å². The molecule has 3 nitrogen and oxygen atoms in total. The van der Waals surface area contributed by atoms with Gasteiger partial charge in [0.25, 0.3) is 5.91 Å². The molecule has 1 aliphatic heterocycles. The van der Waals surface area contributed by atoms with Crippen LogP contribution < -0.4 is 4.90 Å². The Hall–Kier alpha value is -2.98. The molecule has 27 heavy (non-hydrogen) atoms. The number of benzene rings is 3. The van der Waals surface area contributed by atoms with E-state index >= 15 is 0 Å². The first-order chi connectivity index (χ1) is 13.1. The molecule has 1 aliphatic rings. The average molecular weight is 361 g/mol. The molecular weight excluding hydrogens is 341 g/mol. The van der Waals surface area contributed by atoms with Crippen molar-refractivity contribution in [1.29, 1.82) is 0 Å². The van der Waals surface area contributed by atoms with Crippen molar-refractivity contribution in [3.05, 3.63) is 89.2 Å². The van der Waals surface area contributed by atoms with Crippen LogP contribution in [0, 0.1) is 12.7 Å². The lowest BCUT2D eigenvalue weighted by Gasteiger charge is -2.23. The number of rotatable bonds is 3. The van der Waals surface area contributed by atoms with Crippen LogP contribution >= 0.6 is 0 Å². The van der Waals surface area contributed by atoms with Crippen molar-refractivity contribution < 1.29 is 13.9 Å². The topological polar surface area (TPSA) is 29.5 Å². The first kappa shape index (κ1) is 17.4. The van der Waals surface area contributed by atoms with Crippen molar-refractivity contribution in [2.24, 2.45) is 0 Å².